The topological polar surface area (TPSA) is 74.5 Å². The molecule has 0 unspecified atom stereocenters. The Morgan fingerprint density at radius 1 is 1.56 bits per heavy atom. The van der Waals surface area contributed by atoms with Gasteiger partial charge in [-0.15, -0.1) is 13.2 Å². The molecular formula is C8H6BrF3N2O4. The van der Waals surface area contributed by atoms with E-state index in [0.29, 0.717) is 0 Å². The maximum atomic E-state index is 12.1. The molecular weight excluding hydrogens is 325 g/mol. The van der Waals surface area contributed by atoms with Gasteiger partial charge in [-0.1, -0.05) is 15.9 Å². The average molecular weight is 331 g/mol. The van der Waals surface area contributed by atoms with Crippen molar-refractivity contribution in [3.63, 3.8) is 0 Å². The highest BCUT2D eigenvalue weighted by Gasteiger charge is 2.36. The Morgan fingerprint density at radius 3 is 2.56 bits per heavy atom. The van der Waals surface area contributed by atoms with Crippen LogP contribution in [-0.2, 0) is 5.33 Å². The van der Waals surface area contributed by atoms with Crippen molar-refractivity contribution in [1.82, 2.24) is 4.98 Å². The molecule has 0 aliphatic heterocycles. The van der Waals surface area contributed by atoms with E-state index in [4.69, 9.17) is 0 Å². The Balaban J connectivity index is 3.39. The van der Waals surface area contributed by atoms with E-state index in [0.717, 1.165) is 13.2 Å². The van der Waals surface area contributed by atoms with Crippen LogP contribution in [0.3, 0.4) is 0 Å². The molecule has 18 heavy (non-hydrogen) atoms. The number of aromatic nitrogens is 1. The summed E-state index contributed by atoms with van der Waals surface area (Å²) in [5.41, 5.74) is -0.865. The van der Waals surface area contributed by atoms with Gasteiger partial charge in [-0.25, -0.2) is 4.98 Å². The van der Waals surface area contributed by atoms with Crippen molar-refractivity contribution in [2.45, 2.75) is 11.7 Å². The SMILES string of the molecule is COc1nc(CBr)cc(OC(F)(F)F)c1[N+](=O)[O-]. The molecule has 10 heteroatoms. The van der Waals surface area contributed by atoms with Crippen molar-refractivity contribution < 1.29 is 27.6 Å². The minimum Gasteiger partial charge on any atom is -0.476 e. The Morgan fingerprint density at radius 2 is 2.17 bits per heavy atom. The van der Waals surface area contributed by atoms with Gasteiger partial charge in [0.05, 0.1) is 17.7 Å². The van der Waals surface area contributed by atoms with E-state index in [1.54, 1.807) is 0 Å². The molecule has 0 amide bonds. The Bertz CT molecular complexity index is 466. The number of hydrogen-bond acceptors (Lipinski definition) is 5. The summed E-state index contributed by atoms with van der Waals surface area (Å²) in [6.45, 7) is 0. The molecule has 0 radical (unpaired) electrons. The van der Waals surface area contributed by atoms with Crippen molar-refractivity contribution in [1.29, 1.82) is 0 Å². The molecule has 0 bridgehead atoms. The van der Waals surface area contributed by atoms with Crippen LogP contribution in [0.1, 0.15) is 5.69 Å². The number of hydrogen-bond donors (Lipinski definition) is 0. The molecule has 0 fully saturated rings. The second kappa shape index (κ2) is 5.38. The molecule has 0 aromatic carbocycles. The first kappa shape index (κ1) is 14.5. The first-order chi connectivity index (χ1) is 8.28. The molecule has 0 saturated heterocycles. The van der Waals surface area contributed by atoms with Gasteiger partial charge in [0.1, 0.15) is 0 Å². The number of nitro groups is 1. The van der Waals surface area contributed by atoms with Crippen LogP contribution < -0.4 is 9.47 Å². The summed E-state index contributed by atoms with van der Waals surface area (Å²) in [4.78, 5) is 13.3. The van der Waals surface area contributed by atoms with Crippen molar-refractivity contribution in [2.24, 2.45) is 0 Å². The summed E-state index contributed by atoms with van der Waals surface area (Å²) in [6.07, 6.45) is -5.04. The van der Waals surface area contributed by atoms with Gasteiger partial charge in [-0.05, 0) is 0 Å². The summed E-state index contributed by atoms with van der Waals surface area (Å²) in [5.74, 6) is -1.51. The maximum Gasteiger partial charge on any atom is 0.573 e. The number of nitrogens with zero attached hydrogens (tertiary/aromatic N) is 2. The van der Waals surface area contributed by atoms with Crippen LogP contribution in [0.25, 0.3) is 0 Å². The van der Waals surface area contributed by atoms with Crippen LogP contribution in [0.15, 0.2) is 6.07 Å². The monoisotopic (exact) mass is 330 g/mol. The molecule has 0 atom stereocenters. The van der Waals surface area contributed by atoms with Crippen LogP contribution in [0, 0.1) is 10.1 Å². The largest absolute Gasteiger partial charge is 0.573 e. The van der Waals surface area contributed by atoms with E-state index in [9.17, 15) is 23.3 Å². The van der Waals surface area contributed by atoms with E-state index in [2.05, 4.69) is 30.4 Å². The van der Waals surface area contributed by atoms with Crippen LogP contribution in [0.4, 0.5) is 18.9 Å². The van der Waals surface area contributed by atoms with Gasteiger partial charge < -0.3 is 9.47 Å². The fourth-order valence-electron chi connectivity index (χ4n) is 1.12. The lowest BCUT2D eigenvalue weighted by Gasteiger charge is -2.11. The fraction of sp³-hybridized carbons (Fsp3) is 0.375. The zero-order valence-corrected chi connectivity index (χ0v) is 10.4. The summed E-state index contributed by atoms with van der Waals surface area (Å²) < 4.78 is 44.6. The second-order valence-corrected chi connectivity index (χ2v) is 3.47. The van der Waals surface area contributed by atoms with Gasteiger partial charge in [0.2, 0.25) is 5.75 Å². The highest BCUT2D eigenvalue weighted by atomic mass is 79.9. The van der Waals surface area contributed by atoms with Gasteiger partial charge in [0.25, 0.3) is 5.88 Å². The van der Waals surface area contributed by atoms with Gasteiger partial charge in [0.15, 0.2) is 0 Å². The van der Waals surface area contributed by atoms with Crippen LogP contribution in [0.2, 0.25) is 0 Å². The third kappa shape index (κ3) is 3.45. The van der Waals surface area contributed by atoms with E-state index < -0.39 is 28.6 Å². The van der Waals surface area contributed by atoms with Gasteiger partial charge >= 0.3 is 12.0 Å². The predicted octanol–water partition coefficient (Wildman–Crippen LogP) is 2.79. The number of methoxy groups -OCH3 is 1. The van der Waals surface area contributed by atoms with Crippen LogP contribution >= 0.6 is 15.9 Å². The molecule has 100 valence electrons. The molecule has 0 spiro atoms. The predicted molar refractivity (Wildman–Crippen MR) is 56.8 cm³/mol. The molecule has 1 aromatic heterocycles. The standard InChI is InChI=1S/C8H6BrF3N2O4/c1-17-7-6(14(15)16)5(18-8(10,11)12)2-4(3-9)13-7/h2H,3H2,1H3. The lowest BCUT2D eigenvalue weighted by molar-refractivity contribution is -0.389. The Labute approximate surface area is 107 Å². The average Bonchev–Trinajstić information content (AvgIpc) is 2.25. The number of pyridine rings is 1. The minimum absolute atomic E-state index is 0.0928. The molecule has 6 nitrogen and oxygen atoms in total. The Hall–Kier alpha value is -1.58. The van der Waals surface area contributed by atoms with E-state index >= 15 is 0 Å². The number of halogens is 4. The van der Waals surface area contributed by atoms with Crippen LogP contribution in [0.5, 0.6) is 11.6 Å². The molecule has 0 aliphatic rings. The summed E-state index contributed by atoms with van der Waals surface area (Å²) in [7, 11) is 1.06. The number of ether oxygens (including phenoxy) is 2. The summed E-state index contributed by atoms with van der Waals surface area (Å²) in [5, 5.41) is 10.8. The minimum atomic E-state index is -5.04. The van der Waals surface area contributed by atoms with E-state index in [1.807, 2.05) is 0 Å². The third-order valence-corrected chi connectivity index (χ3v) is 2.29. The molecule has 1 aromatic rings. The molecule has 0 N–H and O–H groups in total. The first-order valence-electron chi connectivity index (χ1n) is 4.32. The normalized spacial score (nSPS) is 11.2. The zero-order valence-electron chi connectivity index (χ0n) is 8.82. The van der Waals surface area contributed by atoms with Crippen LogP contribution in [-0.4, -0.2) is 23.4 Å². The van der Waals surface area contributed by atoms with Gasteiger partial charge in [-0.2, -0.15) is 0 Å². The van der Waals surface area contributed by atoms with Crippen molar-refractivity contribution >= 4 is 21.6 Å². The maximum absolute atomic E-state index is 12.1. The lowest BCUT2D eigenvalue weighted by Crippen LogP contribution is -2.18. The van der Waals surface area contributed by atoms with Crippen molar-refractivity contribution in [3.05, 3.63) is 21.9 Å². The second-order valence-electron chi connectivity index (χ2n) is 2.91. The molecule has 0 saturated carbocycles. The zero-order chi connectivity index (χ0) is 13.9. The van der Waals surface area contributed by atoms with Crippen molar-refractivity contribution in [2.75, 3.05) is 7.11 Å². The highest BCUT2D eigenvalue weighted by molar-refractivity contribution is 9.08. The first-order valence-corrected chi connectivity index (χ1v) is 5.44. The number of rotatable bonds is 4. The smallest absolute Gasteiger partial charge is 0.476 e. The van der Waals surface area contributed by atoms with E-state index in [-0.39, 0.29) is 11.0 Å². The lowest BCUT2D eigenvalue weighted by atomic mass is 10.3. The van der Waals surface area contributed by atoms with Gasteiger partial charge in [-0.3, -0.25) is 10.1 Å². The fourth-order valence-corrected chi connectivity index (χ4v) is 1.41. The van der Waals surface area contributed by atoms with Crippen molar-refractivity contribution in [3.8, 4) is 11.6 Å². The quantitative estimate of drug-likeness (QED) is 0.482. The van der Waals surface area contributed by atoms with Gasteiger partial charge in [0, 0.05) is 11.4 Å². The summed E-state index contributed by atoms with van der Waals surface area (Å²) in [6, 6.07) is 0.822. The molecule has 1 rings (SSSR count). The molecule has 1 heterocycles. The van der Waals surface area contributed by atoms with E-state index in [1.165, 1.54) is 0 Å². The highest BCUT2D eigenvalue weighted by Crippen LogP contribution is 2.38. The summed E-state index contributed by atoms with van der Waals surface area (Å²) >= 11 is 2.97. The number of alkyl halides is 4. The molecule has 0 aliphatic carbocycles. The Kier molecular flexibility index (Phi) is 4.33. The third-order valence-electron chi connectivity index (χ3n) is 1.72.